The van der Waals surface area contributed by atoms with Crippen molar-refractivity contribution in [2.75, 3.05) is 13.7 Å². The fraction of sp³-hybridized carbons (Fsp3) is 0.333. The summed E-state index contributed by atoms with van der Waals surface area (Å²) in [6.07, 6.45) is -7.70. The topological polar surface area (TPSA) is 103 Å². The first-order valence-electron chi connectivity index (χ1n) is 19.7. The van der Waals surface area contributed by atoms with Gasteiger partial charge in [-0.25, -0.2) is 0 Å². The van der Waals surface area contributed by atoms with Gasteiger partial charge in [0, 0.05) is 7.11 Å². The third-order valence-corrected chi connectivity index (χ3v) is 10.2. The summed E-state index contributed by atoms with van der Waals surface area (Å²) in [5, 5.41) is 11.5. The third-order valence-electron chi connectivity index (χ3n) is 10.2. The minimum atomic E-state index is -1.16. The van der Waals surface area contributed by atoms with E-state index in [1.54, 1.807) is 0 Å². The van der Waals surface area contributed by atoms with Gasteiger partial charge >= 0.3 is 0 Å². The zero-order valence-corrected chi connectivity index (χ0v) is 32.7. The molecule has 2 heterocycles. The summed E-state index contributed by atoms with van der Waals surface area (Å²) < 4.78 is 58.1. The summed E-state index contributed by atoms with van der Waals surface area (Å²) in [5.74, 6) is 0.342. The number of aliphatic hydroxyl groups is 1. The summed E-state index contributed by atoms with van der Waals surface area (Å²) in [5.41, 5.74) is 4.85. The van der Waals surface area contributed by atoms with Gasteiger partial charge in [-0.1, -0.05) is 158 Å². The second kappa shape index (κ2) is 21.3. The van der Waals surface area contributed by atoms with E-state index in [2.05, 4.69) is 6.58 Å². The summed E-state index contributed by atoms with van der Waals surface area (Å²) in [6, 6.07) is 49.3. The maximum Gasteiger partial charge on any atom is 0.228 e. The van der Waals surface area contributed by atoms with Crippen molar-refractivity contribution < 1.29 is 47.7 Å². The molecule has 2 aliphatic rings. The van der Waals surface area contributed by atoms with Gasteiger partial charge < -0.3 is 47.7 Å². The van der Waals surface area contributed by atoms with Gasteiger partial charge in [-0.3, -0.25) is 0 Å². The Bertz CT molecular complexity index is 1920. The minimum Gasteiger partial charge on any atom is -0.464 e. The number of hydrogen-bond donors (Lipinski definition) is 1. The molecule has 0 spiro atoms. The van der Waals surface area contributed by atoms with Crippen LogP contribution in [-0.2, 0) is 75.7 Å². The van der Waals surface area contributed by atoms with Crippen LogP contribution in [0.4, 0.5) is 0 Å². The van der Waals surface area contributed by atoms with E-state index in [0.717, 1.165) is 27.8 Å². The lowest BCUT2D eigenvalue weighted by atomic mass is 9.98. The van der Waals surface area contributed by atoms with Crippen molar-refractivity contribution in [2.24, 2.45) is 0 Å². The van der Waals surface area contributed by atoms with E-state index in [0.29, 0.717) is 12.4 Å². The van der Waals surface area contributed by atoms with Crippen molar-refractivity contribution in [2.45, 2.75) is 88.3 Å². The molecule has 58 heavy (non-hydrogen) atoms. The molecule has 5 aromatic carbocycles. The second-order valence-corrected chi connectivity index (χ2v) is 14.3. The predicted molar refractivity (Wildman–Crippen MR) is 217 cm³/mol. The Kier molecular flexibility index (Phi) is 15.2. The van der Waals surface area contributed by atoms with E-state index in [4.69, 9.17) is 42.6 Å². The van der Waals surface area contributed by atoms with Gasteiger partial charge in [0.1, 0.15) is 48.5 Å². The molecule has 9 atom stereocenters. The Labute approximate surface area is 340 Å². The van der Waals surface area contributed by atoms with Crippen LogP contribution in [0, 0.1) is 0 Å². The summed E-state index contributed by atoms with van der Waals surface area (Å²) in [6.45, 7) is 5.59. The monoisotopic (exact) mass is 788 g/mol. The highest BCUT2D eigenvalue weighted by Gasteiger charge is 2.50. The van der Waals surface area contributed by atoms with Gasteiger partial charge in [0.05, 0.1) is 39.6 Å². The Morgan fingerprint density at radius 2 is 0.845 bits per heavy atom. The van der Waals surface area contributed by atoms with E-state index in [1.807, 2.05) is 152 Å². The fourth-order valence-electron chi connectivity index (χ4n) is 7.10. The number of aliphatic hydroxyl groups excluding tert-OH is 1. The molecule has 0 aliphatic carbocycles. The predicted octanol–water partition coefficient (Wildman–Crippen LogP) is 7.53. The van der Waals surface area contributed by atoms with Crippen LogP contribution in [0.5, 0.6) is 0 Å². The van der Waals surface area contributed by atoms with Gasteiger partial charge in [-0.05, 0) is 27.8 Å². The van der Waals surface area contributed by atoms with Crippen LogP contribution in [0.15, 0.2) is 164 Å². The van der Waals surface area contributed by atoms with Gasteiger partial charge in [0.25, 0.3) is 0 Å². The molecule has 5 aromatic rings. The molecule has 0 amide bonds. The van der Waals surface area contributed by atoms with Crippen LogP contribution in [-0.4, -0.2) is 74.1 Å². The van der Waals surface area contributed by atoms with Crippen molar-refractivity contribution in [3.05, 3.63) is 192 Å². The van der Waals surface area contributed by atoms with Crippen LogP contribution >= 0.6 is 0 Å². The largest absolute Gasteiger partial charge is 0.464 e. The fourth-order valence-corrected chi connectivity index (χ4v) is 7.10. The molecular weight excluding hydrogens is 737 g/mol. The number of methoxy groups -OCH3 is 1. The molecule has 0 radical (unpaired) electrons. The standard InChI is InChI=1S/C48H52O10/c1-34-42(51-28-35-18-8-3-9-19-35)45(54-31-38-24-14-6-15-25-38)46(55-32-39-26-16-7-17-27-39)48(57-34)56-33-40-43(52-29-36-20-10-4-11-21-36)44(41(49)47(50-2)58-40)53-30-37-22-12-5-13-23-37/h3-27,40-49H,1,28-33H2,2H3/t40-,41-,42-,43-,44-,45+,46-,47+,48+/m1/s1. The van der Waals surface area contributed by atoms with E-state index in [9.17, 15) is 5.11 Å². The molecule has 304 valence electrons. The Morgan fingerprint density at radius 1 is 0.466 bits per heavy atom. The SMILES string of the molecule is C=C1O[C@H](OC[C@H]2O[C@H](OC)[C@H](O)[C@@H](OCc3ccccc3)[C@@H]2OCc2ccccc2)[C@H](OCc2ccccc2)[C@@H](OCc2ccccc2)[C@@H]1OCc1ccccc1. The smallest absolute Gasteiger partial charge is 0.228 e. The van der Waals surface area contributed by atoms with Crippen LogP contribution in [0.2, 0.25) is 0 Å². The summed E-state index contributed by atoms with van der Waals surface area (Å²) >= 11 is 0. The molecular formula is C48H52O10. The molecule has 7 rings (SSSR count). The minimum absolute atomic E-state index is 0.0404. The van der Waals surface area contributed by atoms with Crippen LogP contribution < -0.4 is 0 Å². The molecule has 0 aromatic heterocycles. The highest BCUT2D eigenvalue weighted by atomic mass is 16.7. The van der Waals surface area contributed by atoms with Crippen LogP contribution in [0.25, 0.3) is 0 Å². The maximum atomic E-state index is 11.5. The maximum absolute atomic E-state index is 11.5. The molecule has 2 saturated heterocycles. The third kappa shape index (κ3) is 11.3. The van der Waals surface area contributed by atoms with E-state index in [1.165, 1.54) is 7.11 Å². The van der Waals surface area contributed by atoms with Gasteiger partial charge in [0.2, 0.25) is 6.29 Å². The number of benzene rings is 5. The Hall–Kier alpha value is -4.72. The molecule has 0 saturated carbocycles. The average molecular weight is 789 g/mol. The van der Waals surface area contributed by atoms with Crippen molar-refractivity contribution in [3.8, 4) is 0 Å². The molecule has 0 bridgehead atoms. The number of hydrogen-bond acceptors (Lipinski definition) is 10. The normalized spacial score (nSPS) is 25.9. The van der Waals surface area contributed by atoms with Crippen LogP contribution in [0.1, 0.15) is 27.8 Å². The second-order valence-electron chi connectivity index (χ2n) is 14.3. The molecule has 10 nitrogen and oxygen atoms in total. The molecule has 2 fully saturated rings. The highest BCUT2D eigenvalue weighted by molar-refractivity contribution is 5.18. The first kappa shape index (κ1) is 41.4. The molecule has 10 heteroatoms. The first-order valence-corrected chi connectivity index (χ1v) is 19.7. The Morgan fingerprint density at radius 3 is 1.28 bits per heavy atom. The highest BCUT2D eigenvalue weighted by Crippen LogP contribution is 2.34. The van der Waals surface area contributed by atoms with Gasteiger partial charge in [-0.15, -0.1) is 0 Å². The van der Waals surface area contributed by atoms with Gasteiger partial charge in [0.15, 0.2) is 6.29 Å². The quantitative estimate of drug-likeness (QED) is 0.0904. The summed E-state index contributed by atoms with van der Waals surface area (Å²) in [4.78, 5) is 0. The van der Waals surface area contributed by atoms with Crippen molar-refractivity contribution in [1.29, 1.82) is 0 Å². The number of ether oxygens (including phenoxy) is 9. The zero-order chi connectivity index (χ0) is 39.9. The van der Waals surface area contributed by atoms with E-state index >= 15 is 0 Å². The van der Waals surface area contributed by atoms with E-state index < -0.39 is 55.3 Å². The molecule has 1 N–H and O–H groups in total. The zero-order valence-electron chi connectivity index (χ0n) is 32.7. The molecule has 0 unspecified atom stereocenters. The van der Waals surface area contributed by atoms with Gasteiger partial charge in [-0.2, -0.15) is 0 Å². The molecule has 2 aliphatic heterocycles. The van der Waals surface area contributed by atoms with Crippen LogP contribution in [0.3, 0.4) is 0 Å². The average Bonchev–Trinajstić information content (AvgIpc) is 3.27. The van der Waals surface area contributed by atoms with Crippen molar-refractivity contribution >= 4 is 0 Å². The Balaban J connectivity index is 1.15. The van der Waals surface area contributed by atoms with Crippen molar-refractivity contribution in [3.63, 3.8) is 0 Å². The number of rotatable bonds is 19. The van der Waals surface area contributed by atoms with E-state index in [-0.39, 0.29) is 33.0 Å². The lowest BCUT2D eigenvalue weighted by Crippen LogP contribution is -2.61. The van der Waals surface area contributed by atoms with Crippen molar-refractivity contribution in [1.82, 2.24) is 0 Å². The summed E-state index contributed by atoms with van der Waals surface area (Å²) in [7, 11) is 1.48. The lowest BCUT2D eigenvalue weighted by molar-refractivity contribution is -0.328. The first-order chi connectivity index (χ1) is 28.6. The lowest BCUT2D eigenvalue weighted by Gasteiger charge is -2.45.